The van der Waals surface area contributed by atoms with Crippen molar-refractivity contribution in [2.75, 3.05) is 13.2 Å². The molecule has 3 aromatic rings. The summed E-state index contributed by atoms with van der Waals surface area (Å²) >= 11 is 0. The standard InChI is InChI=1S/C27H33N3O3/c1-6-19-8-10-20(11-9-19)25-22-23(21-15-17(4)14-18(5)26(21)31)28-29-24(22)27(32)30(25)12-7-13-33-16(2)3/h8-11,14-16,25,31H,6-7,12-13H2,1-5H3,(H,28,29). The maximum absolute atomic E-state index is 13.4. The summed E-state index contributed by atoms with van der Waals surface area (Å²) in [5.41, 5.74) is 6.72. The molecule has 1 aliphatic heterocycles. The number of benzene rings is 2. The van der Waals surface area contributed by atoms with Crippen molar-refractivity contribution in [3.05, 3.63) is 69.9 Å². The second-order valence-corrected chi connectivity index (χ2v) is 9.11. The monoisotopic (exact) mass is 447 g/mol. The molecule has 0 saturated carbocycles. The number of phenols is 1. The number of H-pyrrole nitrogens is 1. The zero-order valence-electron chi connectivity index (χ0n) is 20.1. The van der Waals surface area contributed by atoms with Crippen LogP contribution in [0.15, 0.2) is 36.4 Å². The fraction of sp³-hybridized carbons (Fsp3) is 0.407. The van der Waals surface area contributed by atoms with Gasteiger partial charge in [0.1, 0.15) is 17.1 Å². The maximum Gasteiger partial charge on any atom is 0.273 e. The van der Waals surface area contributed by atoms with E-state index in [4.69, 9.17) is 4.74 Å². The molecule has 1 aliphatic rings. The van der Waals surface area contributed by atoms with E-state index in [0.29, 0.717) is 30.1 Å². The molecule has 4 rings (SSSR count). The van der Waals surface area contributed by atoms with E-state index < -0.39 is 0 Å². The van der Waals surface area contributed by atoms with Gasteiger partial charge in [0.05, 0.1) is 12.1 Å². The van der Waals surface area contributed by atoms with Crippen molar-refractivity contribution < 1.29 is 14.6 Å². The van der Waals surface area contributed by atoms with Crippen LogP contribution in [0.4, 0.5) is 0 Å². The molecule has 33 heavy (non-hydrogen) atoms. The van der Waals surface area contributed by atoms with Gasteiger partial charge in [0.25, 0.3) is 5.91 Å². The SMILES string of the molecule is CCc1ccc(C2c3c(-c4cc(C)cc(C)c4O)n[nH]c3C(=O)N2CCCOC(C)C)cc1. The Labute approximate surface area is 195 Å². The van der Waals surface area contributed by atoms with Gasteiger partial charge < -0.3 is 14.7 Å². The van der Waals surface area contributed by atoms with E-state index in [-0.39, 0.29) is 23.8 Å². The Bertz CT molecular complexity index is 1150. The Hall–Kier alpha value is -3.12. The normalized spacial score (nSPS) is 15.5. The van der Waals surface area contributed by atoms with Crippen LogP contribution in [0.1, 0.15) is 71.5 Å². The van der Waals surface area contributed by atoms with E-state index in [9.17, 15) is 9.90 Å². The summed E-state index contributed by atoms with van der Waals surface area (Å²) in [5.74, 6) is 0.132. The van der Waals surface area contributed by atoms with Crippen LogP contribution >= 0.6 is 0 Å². The van der Waals surface area contributed by atoms with E-state index in [1.807, 2.05) is 44.7 Å². The van der Waals surface area contributed by atoms with E-state index in [2.05, 4.69) is 41.4 Å². The molecule has 0 saturated heterocycles. The summed E-state index contributed by atoms with van der Waals surface area (Å²) in [5, 5.41) is 18.3. The molecule has 6 nitrogen and oxygen atoms in total. The van der Waals surface area contributed by atoms with Crippen molar-refractivity contribution in [1.82, 2.24) is 15.1 Å². The molecular formula is C27H33N3O3. The number of fused-ring (bicyclic) bond motifs is 1. The number of nitrogens with zero attached hydrogens (tertiary/aromatic N) is 2. The quantitative estimate of drug-likeness (QED) is 0.458. The van der Waals surface area contributed by atoms with Crippen LogP contribution in [0, 0.1) is 13.8 Å². The van der Waals surface area contributed by atoms with Crippen LogP contribution in [-0.2, 0) is 11.2 Å². The van der Waals surface area contributed by atoms with Crippen LogP contribution in [-0.4, -0.2) is 45.4 Å². The molecule has 1 unspecified atom stereocenters. The van der Waals surface area contributed by atoms with Gasteiger partial charge in [0.15, 0.2) is 0 Å². The number of carbonyl (C=O) groups excluding carboxylic acids is 1. The topological polar surface area (TPSA) is 78.5 Å². The number of hydrogen-bond acceptors (Lipinski definition) is 4. The second-order valence-electron chi connectivity index (χ2n) is 9.11. The largest absolute Gasteiger partial charge is 0.507 e. The van der Waals surface area contributed by atoms with Gasteiger partial charge in [-0.2, -0.15) is 5.10 Å². The molecule has 1 atom stereocenters. The van der Waals surface area contributed by atoms with Gasteiger partial charge in [0.2, 0.25) is 0 Å². The highest BCUT2D eigenvalue weighted by atomic mass is 16.5. The Morgan fingerprint density at radius 1 is 1.18 bits per heavy atom. The first-order valence-electron chi connectivity index (χ1n) is 11.7. The van der Waals surface area contributed by atoms with Crippen LogP contribution in [0.25, 0.3) is 11.3 Å². The lowest BCUT2D eigenvalue weighted by Crippen LogP contribution is -2.31. The molecule has 0 spiro atoms. The van der Waals surface area contributed by atoms with Crippen molar-refractivity contribution in [2.24, 2.45) is 0 Å². The molecular weight excluding hydrogens is 414 g/mol. The predicted molar refractivity (Wildman–Crippen MR) is 130 cm³/mol. The number of nitrogens with one attached hydrogen (secondary N) is 1. The van der Waals surface area contributed by atoms with Crippen LogP contribution in [0.3, 0.4) is 0 Å². The number of aromatic hydroxyl groups is 1. The average Bonchev–Trinajstić information content (AvgIpc) is 3.33. The lowest BCUT2D eigenvalue weighted by atomic mass is 9.93. The Kier molecular flexibility index (Phi) is 6.56. The highest BCUT2D eigenvalue weighted by Gasteiger charge is 2.42. The summed E-state index contributed by atoms with van der Waals surface area (Å²) in [6.45, 7) is 11.2. The molecule has 1 amide bonds. The number of aromatic nitrogens is 2. The molecule has 2 aromatic carbocycles. The van der Waals surface area contributed by atoms with E-state index in [0.717, 1.165) is 35.1 Å². The highest BCUT2D eigenvalue weighted by molar-refractivity contribution is 6.00. The lowest BCUT2D eigenvalue weighted by molar-refractivity contribution is 0.0601. The Morgan fingerprint density at radius 2 is 1.91 bits per heavy atom. The molecule has 0 bridgehead atoms. The van der Waals surface area contributed by atoms with Crippen LogP contribution in [0.2, 0.25) is 0 Å². The predicted octanol–water partition coefficient (Wildman–Crippen LogP) is 5.32. The number of ether oxygens (including phenoxy) is 1. The molecule has 6 heteroatoms. The lowest BCUT2D eigenvalue weighted by Gasteiger charge is -2.27. The third kappa shape index (κ3) is 4.40. The fourth-order valence-electron chi connectivity index (χ4n) is 4.61. The number of amides is 1. The van der Waals surface area contributed by atoms with Gasteiger partial charge in [-0.1, -0.05) is 37.3 Å². The third-order valence-corrected chi connectivity index (χ3v) is 6.26. The number of aryl methyl sites for hydroxylation is 3. The van der Waals surface area contributed by atoms with E-state index in [1.165, 1.54) is 5.56 Å². The Morgan fingerprint density at radius 3 is 2.58 bits per heavy atom. The number of phenolic OH excluding ortho intramolecular Hbond substituents is 1. The minimum atomic E-state index is -0.272. The van der Waals surface area contributed by atoms with Gasteiger partial charge in [-0.05, 0) is 68.9 Å². The van der Waals surface area contributed by atoms with Crippen molar-refractivity contribution in [2.45, 2.75) is 59.6 Å². The summed E-state index contributed by atoms with van der Waals surface area (Å²) < 4.78 is 5.71. The number of rotatable bonds is 8. The van der Waals surface area contributed by atoms with Gasteiger partial charge in [0, 0.05) is 24.3 Å². The summed E-state index contributed by atoms with van der Waals surface area (Å²) in [4.78, 5) is 15.3. The van der Waals surface area contributed by atoms with E-state index >= 15 is 0 Å². The first-order chi connectivity index (χ1) is 15.8. The minimum absolute atomic E-state index is 0.0678. The van der Waals surface area contributed by atoms with Gasteiger partial charge in [-0.3, -0.25) is 9.89 Å². The van der Waals surface area contributed by atoms with Crippen LogP contribution in [0.5, 0.6) is 5.75 Å². The summed E-state index contributed by atoms with van der Waals surface area (Å²) in [7, 11) is 0. The molecule has 2 heterocycles. The van der Waals surface area contributed by atoms with Gasteiger partial charge in [-0.25, -0.2) is 0 Å². The molecule has 174 valence electrons. The van der Waals surface area contributed by atoms with Crippen molar-refractivity contribution in [1.29, 1.82) is 0 Å². The van der Waals surface area contributed by atoms with Crippen LogP contribution < -0.4 is 0 Å². The third-order valence-electron chi connectivity index (χ3n) is 6.26. The Balaban J connectivity index is 1.78. The first-order valence-corrected chi connectivity index (χ1v) is 11.7. The molecule has 0 fully saturated rings. The average molecular weight is 448 g/mol. The molecule has 2 N–H and O–H groups in total. The summed E-state index contributed by atoms with van der Waals surface area (Å²) in [6.07, 6.45) is 1.86. The zero-order valence-corrected chi connectivity index (χ0v) is 20.1. The number of carbonyl (C=O) groups is 1. The molecule has 1 aromatic heterocycles. The summed E-state index contributed by atoms with van der Waals surface area (Å²) in [6, 6.07) is 12.0. The van der Waals surface area contributed by atoms with E-state index in [1.54, 1.807) is 0 Å². The van der Waals surface area contributed by atoms with Gasteiger partial charge in [-0.15, -0.1) is 0 Å². The fourth-order valence-corrected chi connectivity index (χ4v) is 4.61. The number of aromatic amines is 1. The van der Waals surface area contributed by atoms with Crippen molar-refractivity contribution in [3.63, 3.8) is 0 Å². The number of hydrogen-bond donors (Lipinski definition) is 2. The van der Waals surface area contributed by atoms with Gasteiger partial charge >= 0.3 is 0 Å². The first kappa shape index (κ1) is 23.1. The highest BCUT2D eigenvalue weighted by Crippen LogP contribution is 2.45. The smallest absolute Gasteiger partial charge is 0.273 e. The van der Waals surface area contributed by atoms with Crippen molar-refractivity contribution in [3.8, 4) is 17.0 Å². The molecule has 0 radical (unpaired) electrons. The molecule has 0 aliphatic carbocycles. The second kappa shape index (κ2) is 9.40. The van der Waals surface area contributed by atoms with Crippen molar-refractivity contribution >= 4 is 5.91 Å². The maximum atomic E-state index is 13.4. The zero-order chi connectivity index (χ0) is 23.7. The minimum Gasteiger partial charge on any atom is -0.507 e.